The van der Waals surface area contributed by atoms with E-state index in [4.69, 9.17) is 11.6 Å². The highest BCUT2D eigenvalue weighted by Gasteiger charge is 2.23. The lowest BCUT2D eigenvalue weighted by Crippen LogP contribution is -2.23. The smallest absolute Gasteiger partial charge is 0.261 e. The number of anilines is 2. The zero-order valence-electron chi connectivity index (χ0n) is 13.1. The van der Waals surface area contributed by atoms with E-state index in [1.165, 1.54) is 0 Å². The standard InChI is InChI=1S/C17H17ClN2O3S/c1-12-4-7-14(8-5-12)24(22,23)19-16-11-13(6-9-15(16)18)20-10-2-3-17(20)21/h4-9,11,19H,2-3,10H2,1H3. The van der Waals surface area contributed by atoms with Crippen molar-refractivity contribution < 1.29 is 13.2 Å². The van der Waals surface area contributed by atoms with Gasteiger partial charge in [0, 0.05) is 18.7 Å². The van der Waals surface area contributed by atoms with E-state index in [9.17, 15) is 13.2 Å². The number of amides is 1. The molecule has 3 rings (SSSR count). The molecule has 0 saturated carbocycles. The Morgan fingerprint density at radius 3 is 2.46 bits per heavy atom. The topological polar surface area (TPSA) is 66.5 Å². The Labute approximate surface area is 146 Å². The summed E-state index contributed by atoms with van der Waals surface area (Å²) in [5.41, 5.74) is 1.87. The largest absolute Gasteiger partial charge is 0.312 e. The number of carbonyl (C=O) groups excluding carboxylic acids is 1. The number of benzene rings is 2. The number of hydrogen-bond donors (Lipinski definition) is 1. The molecule has 2 aromatic rings. The van der Waals surface area contributed by atoms with Gasteiger partial charge >= 0.3 is 0 Å². The molecule has 5 nitrogen and oxygen atoms in total. The molecular weight excluding hydrogens is 348 g/mol. The van der Waals surface area contributed by atoms with Crippen molar-refractivity contribution in [2.24, 2.45) is 0 Å². The summed E-state index contributed by atoms with van der Waals surface area (Å²) < 4.78 is 27.5. The quantitative estimate of drug-likeness (QED) is 0.901. The lowest BCUT2D eigenvalue weighted by molar-refractivity contribution is -0.117. The van der Waals surface area contributed by atoms with Crippen LogP contribution in [0.4, 0.5) is 11.4 Å². The molecule has 2 aromatic carbocycles. The molecule has 1 aliphatic rings. The van der Waals surface area contributed by atoms with E-state index in [1.807, 2.05) is 6.92 Å². The zero-order chi connectivity index (χ0) is 17.3. The Hall–Kier alpha value is -2.05. The summed E-state index contributed by atoms with van der Waals surface area (Å²) in [7, 11) is -3.74. The van der Waals surface area contributed by atoms with Gasteiger partial charge in [-0.1, -0.05) is 29.3 Å². The molecule has 0 bridgehead atoms. The Kier molecular flexibility index (Phi) is 4.51. The van der Waals surface area contributed by atoms with Crippen LogP contribution < -0.4 is 9.62 Å². The molecule has 1 heterocycles. The van der Waals surface area contributed by atoms with Gasteiger partial charge in [0.25, 0.3) is 10.0 Å². The van der Waals surface area contributed by atoms with Crippen LogP contribution in [0, 0.1) is 6.92 Å². The van der Waals surface area contributed by atoms with Crippen molar-refractivity contribution in [1.82, 2.24) is 0 Å². The van der Waals surface area contributed by atoms with Crippen molar-refractivity contribution in [3.05, 3.63) is 53.1 Å². The van der Waals surface area contributed by atoms with Gasteiger partial charge in [0.2, 0.25) is 5.91 Å². The van der Waals surface area contributed by atoms with Crippen molar-refractivity contribution in [3.8, 4) is 0 Å². The third-order valence-electron chi connectivity index (χ3n) is 3.91. The Bertz CT molecular complexity index is 879. The minimum atomic E-state index is -3.74. The first kappa shape index (κ1) is 16.8. The summed E-state index contributed by atoms with van der Waals surface area (Å²) in [5.74, 6) is 0.0321. The molecule has 0 atom stereocenters. The molecule has 126 valence electrons. The van der Waals surface area contributed by atoms with Crippen LogP contribution in [-0.2, 0) is 14.8 Å². The molecule has 24 heavy (non-hydrogen) atoms. The van der Waals surface area contributed by atoms with E-state index in [0.717, 1.165) is 12.0 Å². The highest BCUT2D eigenvalue weighted by Crippen LogP contribution is 2.31. The number of rotatable bonds is 4. The minimum Gasteiger partial charge on any atom is -0.312 e. The first-order valence-corrected chi connectivity index (χ1v) is 9.42. The normalized spacial score (nSPS) is 14.9. The van der Waals surface area contributed by atoms with Crippen LogP contribution in [0.3, 0.4) is 0 Å². The first-order chi connectivity index (χ1) is 11.4. The fourth-order valence-electron chi connectivity index (χ4n) is 2.60. The van der Waals surface area contributed by atoms with Crippen LogP contribution in [0.1, 0.15) is 18.4 Å². The number of nitrogens with one attached hydrogen (secondary N) is 1. The Balaban J connectivity index is 1.91. The zero-order valence-corrected chi connectivity index (χ0v) is 14.7. The van der Waals surface area contributed by atoms with Crippen LogP contribution in [0.15, 0.2) is 47.4 Å². The fraction of sp³-hybridized carbons (Fsp3) is 0.235. The highest BCUT2D eigenvalue weighted by atomic mass is 35.5. The van der Waals surface area contributed by atoms with Crippen molar-refractivity contribution in [2.45, 2.75) is 24.7 Å². The summed E-state index contributed by atoms with van der Waals surface area (Å²) in [4.78, 5) is 13.7. The molecule has 0 spiro atoms. The molecule has 1 fully saturated rings. The maximum absolute atomic E-state index is 12.5. The van der Waals surface area contributed by atoms with Crippen molar-refractivity contribution in [3.63, 3.8) is 0 Å². The summed E-state index contributed by atoms with van der Waals surface area (Å²) in [6.07, 6.45) is 1.30. The average molecular weight is 365 g/mol. The van der Waals surface area contributed by atoms with Gasteiger partial charge in [0.1, 0.15) is 0 Å². The second-order valence-corrected chi connectivity index (χ2v) is 7.82. The summed E-state index contributed by atoms with van der Waals surface area (Å²) in [5, 5.41) is 0.279. The number of carbonyl (C=O) groups is 1. The van der Waals surface area contributed by atoms with Gasteiger partial charge in [-0.05, 0) is 43.7 Å². The summed E-state index contributed by atoms with van der Waals surface area (Å²) in [6, 6.07) is 11.5. The van der Waals surface area contributed by atoms with Crippen molar-refractivity contribution in [2.75, 3.05) is 16.2 Å². The third kappa shape index (κ3) is 3.39. The fourth-order valence-corrected chi connectivity index (χ4v) is 3.89. The molecule has 1 amide bonds. The summed E-state index contributed by atoms with van der Waals surface area (Å²) >= 11 is 6.13. The molecule has 1 saturated heterocycles. The lowest BCUT2D eigenvalue weighted by Gasteiger charge is -2.18. The lowest BCUT2D eigenvalue weighted by atomic mass is 10.2. The number of aryl methyl sites for hydroxylation is 1. The second kappa shape index (κ2) is 6.45. The molecule has 0 radical (unpaired) electrons. The monoisotopic (exact) mass is 364 g/mol. The SMILES string of the molecule is Cc1ccc(S(=O)(=O)Nc2cc(N3CCCC3=O)ccc2Cl)cc1. The molecular formula is C17H17ClN2O3S. The Morgan fingerprint density at radius 2 is 1.83 bits per heavy atom. The van der Waals surface area contributed by atoms with Gasteiger partial charge in [-0.15, -0.1) is 0 Å². The number of nitrogens with zero attached hydrogens (tertiary/aromatic N) is 1. The van der Waals surface area contributed by atoms with E-state index < -0.39 is 10.0 Å². The Morgan fingerprint density at radius 1 is 1.12 bits per heavy atom. The third-order valence-corrected chi connectivity index (χ3v) is 5.62. The average Bonchev–Trinajstić information content (AvgIpc) is 2.96. The van der Waals surface area contributed by atoms with Gasteiger partial charge < -0.3 is 4.90 Å². The van der Waals surface area contributed by atoms with Gasteiger partial charge in [-0.3, -0.25) is 9.52 Å². The van der Waals surface area contributed by atoms with Gasteiger partial charge in [-0.2, -0.15) is 0 Å². The summed E-state index contributed by atoms with van der Waals surface area (Å²) in [6.45, 7) is 2.52. The van der Waals surface area contributed by atoms with E-state index in [2.05, 4.69) is 4.72 Å². The van der Waals surface area contributed by atoms with Gasteiger partial charge in [0.15, 0.2) is 0 Å². The highest BCUT2D eigenvalue weighted by molar-refractivity contribution is 7.92. The maximum atomic E-state index is 12.5. The molecule has 7 heteroatoms. The first-order valence-electron chi connectivity index (χ1n) is 7.56. The molecule has 1 aliphatic heterocycles. The van der Waals surface area contributed by atoms with E-state index in [-0.39, 0.29) is 21.5 Å². The van der Waals surface area contributed by atoms with Crippen LogP contribution in [0.25, 0.3) is 0 Å². The number of halogens is 1. The molecule has 1 N–H and O–H groups in total. The molecule has 0 unspecified atom stereocenters. The predicted molar refractivity (Wildman–Crippen MR) is 95.0 cm³/mol. The minimum absolute atomic E-state index is 0.0321. The van der Waals surface area contributed by atoms with Crippen molar-refractivity contribution >= 4 is 38.9 Å². The predicted octanol–water partition coefficient (Wildman–Crippen LogP) is 3.58. The van der Waals surface area contributed by atoms with E-state index >= 15 is 0 Å². The van der Waals surface area contributed by atoms with Gasteiger partial charge in [-0.25, -0.2) is 8.42 Å². The van der Waals surface area contributed by atoms with Crippen molar-refractivity contribution in [1.29, 1.82) is 0 Å². The molecule has 0 aromatic heterocycles. The maximum Gasteiger partial charge on any atom is 0.261 e. The van der Waals surface area contributed by atoms with Crippen LogP contribution in [0.2, 0.25) is 5.02 Å². The van der Waals surface area contributed by atoms with Crippen LogP contribution >= 0.6 is 11.6 Å². The van der Waals surface area contributed by atoms with E-state index in [0.29, 0.717) is 18.7 Å². The van der Waals surface area contributed by atoms with Crippen LogP contribution in [-0.4, -0.2) is 20.9 Å². The van der Waals surface area contributed by atoms with Gasteiger partial charge in [0.05, 0.1) is 15.6 Å². The molecule has 0 aliphatic carbocycles. The second-order valence-electron chi connectivity index (χ2n) is 5.73. The van der Waals surface area contributed by atoms with Crippen LogP contribution in [0.5, 0.6) is 0 Å². The number of sulfonamides is 1. The number of hydrogen-bond acceptors (Lipinski definition) is 3. The van der Waals surface area contributed by atoms with E-state index in [1.54, 1.807) is 47.4 Å².